The van der Waals surface area contributed by atoms with Crippen LogP contribution < -0.4 is 0 Å². The molecule has 2 aromatic heterocycles. The van der Waals surface area contributed by atoms with Crippen LogP contribution in [0.2, 0.25) is 0 Å². The molecule has 0 fully saturated rings. The smallest absolute Gasteiger partial charge is 0.190 e. The Morgan fingerprint density at radius 3 is 2.67 bits per heavy atom. The van der Waals surface area contributed by atoms with Gasteiger partial charge in [0, 0.05) is 24.5 Å². The second kappa shape index (κ2) is 5.41. The van der Waals surface area contributed by atoms with E-state index in [-0.39, 0.29) is 0 Å². The van der Waals surface area contributed by atoms with Gasteiger partial charge in [-0.25, -0.2) is 4.68 Å². The first-order chi connectivity index (χ1) is 8.72. The summed E-state index contributed by atoms with van der Waals surface area (Å²) in [6.45, 7) is 5.09. The van der Waals surface area contributed by atoms with Gasteiger partial charge in [-0.3, -0.25) is 4.98 Å². The lowest BCUT2D eigenvalue weighted by Crippen LogP contribution is -2.05. The molecule has 0 aliphatic rings. The highest BCUT2D eigenvalue weighted by molar-refractivity contribution is 5.64. The standard InChI is InChI=1S/C13H15N5/c1-10(2)5-8-18-13(12(9-14)16-17-18)11-3-6-15-7-4-11/h3-4,6-7,10H,5,8H2,1-2H3. The first kappa shape index (κ1) is 12.2. The molecule has 0 unspecified atom stereocenters. The van der Waals surface area contributed by atoms with Gasteiger partial charge in [0.2, 0.25) is 0 Å². The summed E-state index contributed by atoms with van der Waals surface area (Å²) >= 11 is 0. The molecule has 2 rings (SSSR count). The fourth-order valence-corrected chi connectivity index (χ4v) is 1.72. The van der Waals surface area contributed by atoms with Crippen molar-refractivity contribution in [3.8, 4) is 17.3 Å². The fourth-order valence-electron chi connectivity index (χ4n) is 1.72. The van der Waals surface area contributed by atoms with E-state index >= 15 is 0 Å². The number of hydrogen-bond acceptors (Lipinski definition) is 4. The number of nitrogens with zero attached hydrogens (tertiary/aromatic N) is 5. The lowest BCUT2D eigenvalue weighted by Gasteiger charge is -2.08. The molecule has 5 nitrogen and oxygen atoms in total. The van der Waals surface area contributed by atoms with Crippen LogP contribution in [0.15, 0.2) is 24.5 Å². The Morgan fingerprint density at radius 1 is 1.33 bits per heavy atom. The van der Waals surface area contributed by atoms with E-state index in [0.717, 1.165) is 24.2 Å². The molecule has 0 bridgehead atoms. The molecule has 5 heteroatoms. The summed E-state index contributed by atoms with van der Waals surface area (Å²) in [5.41, 5.74) is 2.07. The highest BCUT2D eigenvalue weighted by Crippen LogP contribution is 2.21. The van der Waals surface area contributed by atoms with Crippen LogP contribution in [0.4, 0.5) is 0 Å². The third-order valence-electron chi connectivity index (χ3n) is 2.71. The predicted molar refractivity (Wildman–Crippen MR) is 67.4 cm³/mol. The van der Waals surface area contributed by atoms with Crippen LogP contribution in [0.25, 0.3) is 11.3 Å². The van der Waals surface area contributed by atoms with Crippen molar-refractivity contribution in [2.45, 2.75) is 26.8 Å². The molecule has 0 N–H and O–H groups in total. The Labute approximate surface area is 106 Å². The van der Waals surface area contributed by atoms with Crippen molar-refractivity contribution in [3.63, 3.8) is 0 Å². The first-order valence-electron chi connectivity index (χ1n) is 5.96. The average Bonchev–Trinajstić information content (AvgIpc) is 2.80. The third-order valence-corrected chi connectivity index (χ3v) is 2.71. The van der Waals surface area contributed by atoms with E-state index in [1.165, 1.54) is 0 Å². The summed E-state index contributed by atoms with van der Waals surface area (Å²) in [6.07, 6.45) is 4.42. The van der Waals surface area contributed by atoms with Crippen molar-refractivity contribution in [1.82, 2.24) is 20.0 Å². The van der Waals surface area contributed by atoms with Crippen molar-refractivity contribution in [3.05, 3.63) is 30.2 Å². The quantitative estimate of drug-likeness (QED) is 0.823. The van der Waals surface area contributed by atoms with Gasteiger partial charge in [-0.15, -0.1) is 5.10 Å². The molecule has 2 aromatic rings. The van der Waals surface area contributed by atoms with Gasteiger partial charge in [0.1, 0.15) is 11.8 Å². The summed E-state index contributed by atoms with van der Waals surface area (Å²) in [5.74, 6) is 0.588. The molecule has 0 aliphatic heterocycles. The van der Waals surface area contributed by atoms with E-state index in [2.05, 4.69) is 35.2 Å². The Bertz CT molecular complexity index is 551. The Hall–Kier alpha value is -2.22. The van der Waals surface area contributed by atoms with Gasteiger partial charge in [-0.1, -0.05) is 19.1 Å². The van der Waals surface area contributed by atoms with E-state index in [4.69, 9.17) is 5.26 Å². The zero-order valence-corrected chi connectivity index (χ0v) is 10.5. The van der Waals surface area contributed by atoms with Gasteiger partial charge >= 0.3 is 0 Å². The molecular weight excluding hydrogens is 226 g/mol. The van der Waals surface area contributed by atoms with E-state index in [9.17, 15) is 0 Å². The van der Waals surface area contributed by atoms with Crippen molar-refractivity contribution >= 4 is 0 Å². The van der Waals surface area contributed by atoms with Crippen LogP contribution in [0.3, 0.4) is 0 Å². The van der Waals surface area contributed by atoms with Crippen LogP contribution in [0, 0.1) is 17.2 Å². The van der Waals surface area contributed by atoms with Crippen LogP contribution >= 0.6 is 0 Å². The van der Waals surface area contributed by atoms with Gasteiger partial charge in [0.05, 0.1) is 0 Å². The SMILES string of the molecule is CC(C)CCn1nnc(C#N)c1-c1ccncc1. The number of nitriles is 1. The van der Waals surface area contributed by atoms with E-state index in [1.807, 2.05) is 12.1 Å². The second-order valence-electron chi connectivity index (χ2n) is 4.54. The minimum atomic E-state index is 0.366. The summed E-state index contributed by atoms with van der Waals surface area (Å²) < 4.78 is 1.80. The minimum absolute atomic E-state index is 0.366. The van der Waals surface area contributed by atoms with Crippen LogP contribution in [-0.4, -0.2) is 20.0 Å². The first-order valence-corrected chi connectivity index (χ1v) is 5.96. The molecule has 0 saturated carbocycles. The van der Waals surface area contributed by atoms with Gasteiger partial charge in [-0.05, 0) is 24.5 Å². The molecule has 0 aliphatic carbocycles. The topological polar surface area (TPSA) is 67.4 Å². The molecule has 0 aromatic carbocycles. The molecule has 18 heavy (non-hydrogen) atoms. The number of rotatable bonds is 4. The van der Waals surface area contributed by atoms with Gasteiger partial charge in [0.15, 0.2) is 5.69 Å². The molecular formula is C13H15N5. The van der Waals surface area contributed by atoms with Gasteiger partial charge < -0.3 is 0 Å². The number of aryl methyl sites for hydroxylation is 1. The lowest BCUT2D eigenvalue weighted by molar-refractivity contribution is 0.481. The van der Waals surface area contributed by atoms with Gasteiger partial charge in [0.25, 0.3) is 0 Å². The van der Waals surface area contributed by atoms with E-state index in [1.54, 1.807) is 17.1 Å². The Balaban J connectivity index is 2.38. The minimum Gasteiger partial charge on any atom is -0.265 e. The van der Waals surface area contributed by atoms with E-state index < -0.39 is 0 Å². The van der Waals surface area contributed by atoms with Crippen molar-refractivity contribution < 1.29 is 0 Å². The zero-order chi connectivity index (χ0) is 13.0. The maximum atomic E-state index is 9.09. The summed E-state index contributed by atoms with van der Waals surface area (Å²) in [4.78, 5) is 3.98. The molecule has 0 saturated heterocycles. The normalized spacial score (nSPS) is 10.6. The molecule has 0 radical (unpaired) electrons. The summed E-state index contributed by atoms with van der Waals surface area (Å²) in [6, 6.07) is 5.82. The lowest BCUT2D eigenvalue weighted by atomic mass is 10.1. The van der Waals surface area contributed by atoms with E-state index in [0.29, 0.717) is 11.6 Å². The number of hydrogen-bond donors (Lipinski definition) is 0. The summed E-state index contributed by atoms with van der Waals surface area (Å²) in [7, 11) is 0. The highest BCUT2D eigenvalue weighted by atomic mass is 15.4. The number of pyridine rings is 1. The average molecular weight is 241 g/mol. The van der Waals surface area contributed by atoms with Crippen LogP contribution in [-0.2, 0) is 6.54 Å². The van der Waals surface area contributed by atoms with Crippen molar-refractivity contribution in [2.24, 2.45) is 5.92 Å². The van der Waals surface area contributed by atoms with Crippen molar-refractivity contribution in [2.75, 3.05) is 0 Å². The number of aromatic nitrogens is 4. The van der Waals surface area contributed by atoms with Crippen molar-refractivity contribution in [1.29, 1.82) is 5.26 Å². The largest absolute Gasteiger partial charge is 0.265 e. The Kier molecular flexibility index (Phi) is 3.68. The molecule has 2 heterocycles. The highest BCUT2D eigenvalue weighted by Gasteiger charge is 2.14. The maximum Gasteiger partial charge on any atom is 0.190 e. The molecule has 0 amide bonds. The Morgan fingerprint density at radius 2 is 2.06 bits per heavy atom. The zero-order valence-electron chi connectivity index (χ0n) is 10.5. The molecule has 0 atom stereocenters. The van der Waals surface area contributed by atoms with Gasteiger partial charge in [-0.2, -0.15) is 5.26 Å². The molecule has 92 valence electrons. The monoisotopic (exact) mass is 241 g/mol. The fraction of sp³-hybridized carbons (Fsp3) is 0.385. The maximum absolute atomic E-state index is 9.09. The third kappa shape index (κ3) is 2.54. The molecule has 0 spiro atoms. The van der Waals surface area contributed by atoms with Crippen LogP contribution in [0.5, 0.6) is 0 Å². The van der Waals surface area contributed by atoms with Crippen LogP contribution in [0.1, 0.15) is 26.0 Å². The predicted octanol–water partition coefficient (Wildman–Crippen LogP) is 2.26. The second-order valence-corrected chi connectivity index (χ2v) is 4.54. The summed E-state index contributed by atoms with van der Waals surface area (Å²) in [5, 5.41) is 17.1.